The minimum Gasteiger partial charge on any atom is -0.355 e. The van der Waals surface area contributed by atoms with Crippen molar-refractivity contribution in [2.45, 2.75) is 38.6 Å². The third kappa shape index (κ3) is 6.71. The zero-order chi connectivity index (χ0) is 21.4. The summed E-state index contributed by atoms with van der Waals surface area (Å²) in [6, 6.07) is 16.1. The number of rotatable bonds is 9. The second kappa shape index (κ2) is 10.8. The number of carbonyl (C=O) groups is 2. The molecule has 0 saturated heterocycles. The van der Waals surface area contributed by atoms with Gasteiger partial charge in [-0.2, -0.15) is 0 Å². The van der Waals surface area contributed by atoms with Crippen molar-refractivity contribution in [3.05, 3.63) is 70.8 Å². The lowest BCUT2D eigenvalue weighted by atomic mass is 9.97. The predicted octanol–water partition coefficient (Wildman–Crippen LogP) is 3.14. The van der Waals surface area contributed by atoms with Gasteiger partial charge in [-0.1, -0.05) is 43.3 Å². The largest absolute Gasteiger partial charge is 0.355 e. The van der Waals surface area contributed by atoms with Crippen LogP contribution in [0, 0.1) is 6.92 Å². The van der Waals surface area contributed by atoms with Crippen LogP contribution in [0.5, 0.6) is 0 Å². The first-order chi connectivity index (χ1) is 13.8. The number of nitrogens with zero attached hydrogens (tertiary/aromatic N) is 1. The molecule has 0 radical (unpaired) electrons. The third-order valence-electron chi connectivity index (χ3n) is 5.41. The van der Waals surface area contributed by atoms with E-state index in [0.717, 1.165) is 12.0 Å². The van der Waals surface area contributed by atoms with E-state index in [0.29, 0.717) is 18.5 Å². The first-order valence-corrected chi connectivity index (χ1v) is 10.1. The number of hydrogen-bond acceptors (Lipinski definition) is 3. The molecule has 156 valence electrons. The van der Waals surface area contributed by atoms with Crippen LogP contribution >= 0.6 is 0 Å². The van der Waals surface area contributed by atoms with Gasteiger partial charge in [-0.15, -0.1) is 0 Å². The van der Waals surface area contributed by atoms with Crippen molar-refractivity contribution in [2.75, 3.05) is 27.7 Å². The van der Waals surface area contributed by atoms with E-state index in [9.17, 15) is 9.59 Å². The van der Waals surface area contributed by atoms with E-state index < -0.39 is 0 Å². The SMILES string of the molecule is CNC(=O)c1ccc(C[C@@H](CNC(=O)C[C@@H](C)c2ccccc2)N(C)C)c(C)c1. The number of likely N-dealkylation sites (N-methyl/N-ethyl adjacent to an activating group) is 1. The van der Waals surface area contributed by atoms with Gasteiger partial charge in [0.05, 0.1) is 0 Å². The van der Waals surface area contributed by atoms with Crippen LogP contribution in [-0.4, -0.2) is 50.4 Å². The molecule has 0 aliphatic carbocycles. The zero-order valence-corrected chi connectivity index (χ0v) is 18.2. The van der Waals surface area contributed by atoms with Crippen LogP contribution in [0.15, 0.2) is 48.5 Å². The predicted molar refractivity (Wildman–Crippen MR) is 118 cm³/mol. The quantitative estimate of drug-likeness (QED) is 0.686. The molecule has 0 fully saturated rings. The summed E-state index contributed by atoms with van der Waals surface area (Å²) >= 11 is 0. The van der Waals surface area contributed by atoms with E-state index in [2.05, 4.69) is 34.6 Å². The monoisotopic (exact) mass is 395 g/mol. The van der Waals surface area contributed by atoms with Gasteiger partial charge < -0.3 is 15.5 Å². The Bertz CT molecular complexity index is 818. The van der Waals surface area contributed by atoms with Gasteiger partial charge in [0.25, 0.3) is 5.91 Å². The average molecular weight is 396 g/mol. The van der Waals surface area contributed by atoms with Gasteiger partial charge in [0.15, 0.2) is 0 Å². The van der Waals surface area contributed by atoms with Crippen LogP contribution in [0.2, 0.25) is 0 Å². The lowest BCUT2D eigenvalue weighted by molar-refractivity contribution is -0.121. The molecule has 0 bridgehead atoms. The molecule has 0 spiro atoms. The molecular formula is C24H33N3O2. The van der Waals surface area contributed by atoms with Gasteiger partial charge in [-0.3, -0.25) is 9.59 Å². The Morgan fingerprint density at radius 2 is 1.76 bits per heavy atom. The number of hydrogen-bond donors (Lipinski definition) is 2. The van der Waals surface area contributed by atoms with Crippen LogP contribution in [0.1, 0.15) is 46.3 Å². The maximum Gasteiger partial charge on any atom is 0.251 e. The highest BCUT2D eigenvalue weighted by Crippen LogP contribution is 2.18. The zero-order valence-electron chi connectivity index (χ0n) is 18.2. The summed E-state index contributed by atoms with van der Waals surface area (Å²) < 4.78 is 0. The van der Waals surface area contributed by atoms with Crippen molar-refractivity contribution < 1.29 is 9.59 Å². The summed E-state index contributed by atoms with van der Waals surface area (Å²) in [5.74, 6) is 0.178. The average Bonchev–Trinajstić information content (AvgIpc) is 2.71. The van der Waals surface area contributed by atoms with E-state index in [1.165, 1.54) is 11.1 Å². The number of carbonyl (C=O) groups excluding carboxylic acids is 2. The first-order valence-electron chi connectivity index (χ1n) is 10.1. The van der Waals surface area contributed by atoms with Gasteiger partial charge in [-0.05, 0) is 62.2 Å². The van der Waals surface area contributed by atoms with Crippen molar-refractivity contribution in [1.82, 2.24) is 15.5 Å². The van der Waals surface area contributed by atoms with Crippen LogP contribution < -0.4 is 10.6 Å². The van der Waals surface area contributed by atoms with E-state index >= 15 is 0 Å². The molecule has 2 rings (SSSR count). The lowest BCUT2D eigenvalue weighted by Crippen LogP contribution is -2.42. The van der Waals surface area contributed by atoms with E-state index in [4.69, 9.17) is 0 Å². The Morgan fingerprint density at radius 1 is 1.07 bits per heavy atom. The summed E-state index contributed by atoms with van der Waals surface area (Å²) in [6.07, 6.45) is 1.28. The Labute approximate surface area is 174 Å². The van der Waals surface area contributed by atoms with Crippen molar-refractivity contribution in [3.8, 4) is 0 Å². The standard InChI is InChI=1S/C24H33N3O2/c1-17-13-21(24(29)25-3)12-11-20(17)15-22(27(4)5)16-26-23(28)14-18(2)19-9-7-6-8-10-19/h6-13,18,22H,14-16H2,1-5H3,(H,25,29)(H,26,28)/t18-,22+/m1/s1. The van der Waals surface area contributed by atoms with E-state index in [-0.39, 0.29) is 23.8 Å². The fourth-order valence-electron chi connectivity index (χ4n) is 3.38. The van der Waals surface area contributed by atoms with Crippen molar-refractivity contribution in [1.29, 1.82) is 0 Å². The summed E-state index contributed by atoms with van der Waals surface area (Å²) in [5, 5.41) is 5.75. The molecule has 0 unspecified atom stereocenters. The van der Waals surface area contributed by atoms with Crippen LogP contribution in [-0.2, 0) is 11.2 Å². The Morgan fingerprint density at radius 3 is 2.34 bits per heavy atom. The molecule has 29 heavy (non-hydrogen) atoms. The van der Waals surface area contributed by atoms with Crippen LogP contribution in [0.3, 0.4) is 0 Å². The highest BCUT2D eigenvalue weighted by atomic mass is 16.2. The number of nitrogens with one attached hydrogen (secondary N) is 2. The Hall–Kier alpha value is -2.66. The Kier molecular flexibility index (Phi) is 8.40. The summed E-state index contributed by atoms with van der Waals surface area (Å²) in [4.78, 5) is 26.4. The molecule has 0 aliphatic heterocycles. The minimum absolute atomic E-state index is 0.0693. The second-order valence-electron chi connectivity index (χ2n) is 7.86. The van der Waals surface area contributed by atoms with Crippen LogP contribution in [0.25, 0.3) is 0 Å². The smallest absolute Gasteiger partial charge is 0.251 e. The minimum atomic E-state index is -0.0800. The van der Waals surface area contributed by atoms with Gasteiger partial charge in [0.2, 0.25) is 5.91 Å². The number of benzene rings is 2. The fourth-order valence-corrected chi connectivity index (χ4v) is 3.38. The molecule has 5 heteroatoms. The molecule has 0 heterocycles. The van der Waals surface area contributed by atoms with Gasteiger partial charge in [0, 0.05) is 31.6 Å². The van der Waals surface area contributed by atoms with E-state index in [1.807, 2.05) is 57.4 Å². The molecule has 2 atom stereocenters. The van der Waals surface area contributed by atoms with Crippen LogP contribution in [0.4, 0.5) is 0 Å². The summed E-state index contributed by atoms with van der Waals surface area (Å²) in [6.45, 7) is 4.69. The fraction of sp³-hybridized carbons (Fsp3) is 0.417. The molecule has 2 N–H and O–H groups in total. The van der Waals surface area contributed by atoms with Crippen molar-refractivity contribution >= 4 is 11.8 Å². The summed E-state index contributed by atoms with van der Waals surface area (Å²) in [7, 11) is 5.68. The Balaban J connectivity index is 1.95. The van der Waals surface area contributed by atoms with Crippen molar-refractivity contribution in [2.24, 2.45) is 0 Å². The third-order valence-corrected chi connectivity index (χ3v) is 5.41. The normalized spacial score (nSPS) is 13.0. The highest BCUT2D eigenvalue weighted by molar-refractivity contribution is 5.94. The van der Waals surface area contributed by atoms with Gasteiger partial charge in [0.1, 0.15) is 0 Å². The molecule has 2 aromatic carbocycles. The number of amides is 2. The lowest BCUT2D eigenvalue weighted by Gasteiger charge is -2.26. The molecule has 2 amide bonds. The molecule has 0 saturated carbocycles. The molecule has 2 aromatic rings. The summed E-state index contributed by atoms with van der Waals surface area (Å²) in [5.41, 5.74) is 4.11. The van der Waals surface area contributed by atoms with Gasteiger partial charge >= 0.3 is 0 Å². The highest BCUT2D eigenvalue weighted by Gasteiger charge is 2.17. The topological polar surface area (TPSA) is 61.4 Å². The van der Waals surface area contributed by atoms with Crippen molar-refractivity contribution in [3.63, 3.8) is 0 Å². The van der Waals surface area contributed by atoms with Gasteiger partial charge in [-0.25, -0.2) is 0 Å². The first kappa shape index (κ1) is 22.6. The molecule has 5 nitrogen and oxygen atoms in total. The maximum atomic E-state index is 12.5. The second-order valence-corrected chi connectivity index (χ2v) is 7.86. The molecular weight excluding hydrogens is 362 g/mol. The van der Waals surface area contributed by atoms with E-state index in [1.54, 1.807) is 7.05 Å². The maximum absolute atomic E-state index is 12.5. The number of aryl methyl sites for hydroxylation is 1. The molecule has 0 aliphatic rings. The molecule has 0 aromatic heterocycles.